The molecule has 0 aliphatic rings. The Morgan fingerprint density at radius 3 is 2.23 bits per heavy atom. The van der Waals surface area contributed by atoms with E-state index in [9.17, 15) is 8.76 Å². The van der Waals surface area contributed by atoms with Crippen LogP contribution in [-0.2, 0) is 11.1 Å². The lowest BCUT2D eigenvalue weighted by molar-refractivity contribution is 0.242. The van der Waals surface area contributed by atoms with Crippen LogP contribution in [0, 0.1) is 0 Å². The molecule has 3 nitrogen and oxygen atoms in total. The number of hydrogen-bond donors (Lipinski definition) is 0. The fraction of sp³-hybridized carbons (Fsp3) is 0.333. The van der Waals surface area contributed by atoms with E-state index in [1.807, 2.05) is 13.8 Å². The summed E-state index contributed by atoms with van der Waals surface area (Å²) in [4.78, 5) is 0.274. The van der Waals surface area contributed by atoms with Crippen molar-refractivity contribution in [2.24, 2.45) is 0 Å². The second-order valence-electron chi connectivity index (χ2n) is 2.87. The molecule has 0 bridgehead atoms. The van der Waals surface area contributed by atoms with E-state index in [0.717, 1.165) is 0 Å². The summed E-state index contributed by atoms with van der Waals surface area (Å²) in [5.74, 6) is 0.684. The van der Waals surface area contributed by atoms with Crippen LogP contribution in [0.5, 0.6) is 5.75 Å². The smallest absolute Gasteiger partial charge is 0.119 e. The maximum atomic E-state index is 10.5. The summed E-state index contributed by atoms with van der Waals surface area (Å²) in [6.07, 6.45) is 0.101. The molecule has 1 unspecified atom stereocenters. The summed E-state index contributed by atoms with van der Waals surface area (Å²) < 4.78 is 26.3. The van der Waals surface area contributed by atoms with E-state index in [2.05, 4.69) is 0 Å². The average Bonchev–Trinajstić information content (AvgIpc) is 2.04. The lowest BCUT2D eigenvalue weighted by atomic mass is 10.3. The molecule has 13 heavy (non-hydrogen) atoms. The highest BCUT2D eigenvalue weighted by Gasteiger charge is 1.97. The Balaban J connectivity index is 2.75. The van der Waals surface area contributed by atoms with Gasteiger partial charge in [-0.25, -0.2) is 0 Å². The highest BCUT2D eigenvalue weighted by Crippen LogP contribution is 2.15. The fourth-order valence-electron chi connectivity index (χ4n) is 0.901. The van der Waals surface area contributed by atoms with E-state index < -0.39 is 11.1 Å². The van der Waals surface area contributed by atoms with Gasteiger partial charge in [0.1, 0.15) is 5.75 Å². The molecular formula is C9H11O3S-. The van der Waals surface area contributed by atoms with E-state index in [1.54, 1.807) is 12.1 Å². The molecule has 0 amide bonds. The quantitative estimate of drug-likeness (QED) is 0.696. The van der Waals surface area contributed by atoms with Crippen molar-refractivity contribution in [3.63, 3.8) is 0 Å². The molecule has 0 spiro atoms. The summed E-state index contributed by atoms with van der Waals surface area (Å²) in [5, 5.41) is 0. The highest BCUT2D eigenvalue weighted by atomic mass is 32.2. The van der Waals surface area contributed by atoms with Gasteiger partial charge in [-0.05, 0) is 49.2 Å². The molecule has 0 aliphatic heterocycles. The molecule has 0 aliphatic carbocycles. The third-order valence-electron chi connectivity index (χ3n) is 1.39. The Bertz CT molecular complexity index is 292. The molecule has 1 rings (SSSR count). The minimum atomic E-state index is -2.16. The molecule has 0 aromatic heterocycles. The molecule has 0 N–H and O–H groups in total. The van der Waals surface area contributed by atoms with Gasteiger partial charge >= 0.3 is 0 Å². The minimum absolute atomic E-state index is 0.101. The van der Waals surface area contributed by atoms with Crippen LogP contribution in [0.25, 0.3) is 0 Å². The van der Waals surface area contributed by atoms with Gasteiger partial charge in [0.2, 0.25) is 0 Å². The summed E-state index contributed by atoms with van der Waals surface area (Å²) in [6.45, 7) is 3.83. The first-order valence-electron chi connectivity index (χ1n) is 3.95. The topological polar surface area (TPSA) is 49.4 Å². The normalized spacial score (nSPS) is 12.9. The van der Waals surface area contributed by atoms with Crippen LogP contribution in [0.15, 0.2) is 29.2 Å². The number of hydrogen-bond acceptors (Lipinski definition) is 3. The van der Waals surface area contributed by atoms with Crippen LogP contribution < -0.4 is 4.74 Å². The summed E-state index contributed by atoms with van der Waals surface area (Å²) in [7, 11) is 0. The lowest BCUT2D eigenvalue weighted by Gasteiger charge is -2.10. The van der Waals surface area contributed by atoms with Crippen molar-refractivity contribution in [2.45, 2.75) is 24.8 Å². The van der Waals surface area contributed by atoms with Crippen molar-refractivity contribution in [3.05, 3.63) is 24.3 Å². The molecule has 1 aromatic carbocycles. The Kier molecular flexibility index (Phi) is 3.45. The van der Waals surface area contributed by atoms with Gasteiger partial charge in [0.05, 0.1) is 6.10 Å². The van der Waals surface area contributed by atoms with E-state index in [1.165, 1.54) is 12.1 Å². The number of rotatable bonds is 3. The van der Waals surface area contributed by atoms with Crippen molar-refractivity contribution in [3.8, 4) is 5.75 Å². The zero-order valence-corrected chi connectivity index (χ0v) is 8.34. The lowest BCUT2D eigenvalue weighted by Crippen LogP contribution is -2.05. The van der Waals surface area contributed by atoms with Gasteiger partial charge in [-0.1, -0.05) is 0 Å². The molecule has 4 heteroatoms. The Morgan fingerprint density at radius 2 is 1.85 bits per heavy atom. The Morgan fingerprint density at radius 1 is 1.31 bits per heavy atom. The van der Waals surface area contributed by atoms with Crippen molar-refractivity contribution in [2.75, 3.05) is 0 Å². The van der Waals surface area contributed by atoms with Crippen molar-refractivity contribution >= 4 is 11.1 Å². The molecule has 1 aromatic rings. The number of benzene rings is 1. The predicted molar refractivity (Wildman–Crippen MR) is 49.4 cm³/mol. The monoisotopic (exact) mass is 199 g/mol. The Labute approximate surface area is 80.0 Å². The molecule has 0 heterocycles. The van der Waals surface area contributed by atoms with Crippen LogP contribution in [0.1, 0.15) is 13.8 Å². The van der Waals surface area contributed by atoms with E-state index in [4.69, 9.17) is 4.74 Å². The first kappa shape index (κ1) is 10.2. The molecule has 72 valence electrons. The predicted octanol–water partition coefficient (Wildman–Crippen LogP) is 1.71. The number of ether oxygens (including phenoxy) is 1. The molecule has 0 fully saturated rings. The van der Waals surface area contributed by atoms with Gasteiger partial charge in [-0.2, -0.15) is 0 Å². The molecule has 0 radical (unpaired) electrons. The second-order valence-corrected chi connectivity index (χ2v) is 3.81. The summed E-state index contributed by atoms with van der Waals surface area (Å²) in [5.41, 5.74) is 0. The van der Waals surface area contributed by atoms with E-state index >= 15 is 0 Å². The SMILES string of the molecule is CC(C)Oc1ccc(S(=O)[O-])cc1. The molecule has 0 saturated heterocycles. The van der Waals surface area contributed by atoms with Crippen molar-refractivity contribution in [1.82, 2.24) is 0 Å². The maximum Gasteiger partial charge on any atom is 0.119 e. The highest BCUT2D eigenvalue weighted by molar-refractivity contribution is 7.79. The zero-order chi connectivity index (χ0) is 9.84. The van der Waals surface area contributed by atoms with Crippen molar-refractivity contribution < 1.29 is 13.5 Å². The van der Waals surface area contributed by atoms with Crippen LogP contribution in [0.4, 0.5) is 0 Å². The standard InChI is InChI=1S/C9H12O3S/c1-7(2)12-8-3-5-9(6-4-8)13(10)11/h3-7H,1-2H3,(H,10,11)/p-1. The van der Waals surface area contributed by atoms with E-state index in [0.29, 0.717) is 5.75 Å². The third-order valence-corrected chi connectivity index (χ3v) is 2.05. The summed E-state index contributed by atoms with van der Waals surface area (Å²) >= 11 is -2.16. The zero-order valence-electron chi connectivity index (χ0n) is 7.52. The first-order chi connectivity index (χ1) is 6.09. The maximum absolute atomic E-state index is 10.5. The van der Waals surface area contributed by atoms with Crippen LogP contribution in [-0.4, -0.2) is 14.9 Å². The first-order valence-corrected chi connectivity index (χ1v) is 5.03. The summed E-state index contributed by atoms with van der Waals surface area (Å²) in [6, 6.07) is 6.32. The fourth-order valence-corrected chi connectivity index (χ4v) is 1.26. The van der Waals surface area contributed by atoms with E-state index in [-0.39, 0.29) is 11.0 Å². The largest absolute Gasteiger partial charge is 0.768 e. The minimum Gasteiger partial charge on any atom is -0.768 e. The third kappa shape index (κ3) is 3.16. The molecule has 1 atom stereocenters. The van der Waals surface area contributed by atoms with Crippen molar-refractivity contribution in [1.29, 1.82) is 0 Å². The van der Waals surface area contributed by atoms with Gasteiger partial charge < -0.3 is 9.29 Å². The Hall–Kier alpha value is -0.870. The van der Waals surface area contributed by atoms with Crippen LogP contribution in [0.3, 0.4) is 0 Å². The van der Waals surface area contributed by atoms with Crippen LogP contribution in [0.2, 0.25) is 0 Å². The molecular weight excluding hydrogens is 188 g/mol. The average molecular weight is 199 g/mol. The second kappa shape index (κ2) is 4.39. The van der Waals surface area contributed by atoms with Gasteiger partial charge in [0.15, 0.2) is 0 Å². The van der Waals surface area contributed by atoms with Gasteiger partial charge in [0, 0.05) is 4.90 Å². The van der Waals surface area contributed by atoms with Gasteiger partial charge in [-0.15, -0.1) is 0 Å². The molecule has 0 saturated carbocycles. The van der Waals surface area contributed by atoms with Crippen LogP contribution >= 0.6 is 0 Å². The van der Waals surface area contributed by atoms with Gasteiger partial charge in [0.25, 0.3) is 0 Å². The van der Waals surface area contributed by atoms with Gasteiger partial charge in [-0.3, -0.25) is 4.21 Å².